The third-order valence-electron chi connectivity index (χ3n) is 2.63. The van der Waals surface area contributed by atoms with Gasteiger partial charge in [-0.3, -0.25) is 9.89 Å². The van der Waals surface area contributed by atoms with Gasteiger partial charge in [0.05, 0.1) is 10.7 Å². The van der Waals surface area contributed by atoms with Gasteiger partial charge in [-0.2, -0.15) is 5.10 Å². The van der Waals surface area contributed by atoms with Gasteiger partial charge < -0.3 is 5.32 Å². The van der Waals surface area contributed by atoms with Crippen molar-refractivity contribution in [3.8, 4) is 0 Å². The van der Waals surface area contributed by atoms with Crippen molar-refractivity contribution >= 4 is 27.7 Å². The fourth-order valence-electron chi connectivity index (χ4n) is 1.59. The maximum Gasteiger partial charge on any atom is 0.228 e. The quantitative estimate of drug-likeness (QED) is 0.872. The lowest BCUT2D eigenvalue weighted by molar-refractivity contribution is -0.117. The van der Waals surface area contributed by atoms with Crippen molar-refractivity contribution in [3.63, 3.8) is 0 Å². The molecular formula is C9H12BrN3O. The first-order valence-corrected chi connectivity index (χ1v) is 5.51. The summed E-state index contributed by atoms with van der Waals surface area (Å²) in [6, 6.07) is 0. The van der Waals surface area contributed by atoms with Crippen molar-refractivity contribution in [2.24, 2.45) is 11.8 Å². The summed E-state index contributed by atoms with van der Waals surface area (Å²) in [6.07, 6.45) is 3.73. The van der Waals surface area contributed by atoms with E-state index in [1.807, 2.05) is 0 Å². The van der Waals surface area contributed by atoms with Gasteiger partial charge in [0.15, 0.2) is 0 Å². The Bertz CT molecular complexity index is 350. The van der Waals surface area contributed by atoms with Crippen molar-refractivity contribution in [2.45, 2.75) is 19.8 Å². The minimum Gasteiger partial charge on any atom is -0.310 e. The topological polar surface area (TPSA) is 57.8 Å². The summed E-state index contributed by atoms with van der Waals surface area (Å²) in [7, 11) is 0. The maximum atomic E-state index is 11.6. The average Bonchev–Trinajstić information content (AvgIpc) is 2.87. The molecule has 2 atom stereocenters. The molecule has 2 rings (SSSR count). The molecule has 2 unspecified atom stereocenters. The average molecular weight is 258 g/mol. The predicted octanol–water partition coefficient (Wildman–Crippen LogP) is 2.16. The molecule has 1 amide bonds. The van der Waals surface area contributed by atoms with Crippen LogP contribution < -0.4 is 5.32 Å². The van der Waals surface area contributed by atoms with Crippen LogP contribution in [-0.4, -0.2) is 16.1 Å². The largest absolute Gasteiger partial charge is 0.310 e. The molecule has 1 fully saturated rings. The maximum absolute atomic E-state index is 11.6. The number of carbonyl (C=O) groups excluding carboxylic acids is 1. The molecule has 1 aromatic rings. The summed E-state index contributed by atoms with van der Waals surface area (Å²) in [5.74, 6) is 1.53. The van der Waals surface area contributed by atoms with Crippen LogP contribution in [0.25, 0.3) is 0 Å². The Hall–Kier alpha value is -0.840. The lowest BCUT2D eigenvalue weighted by Gasteiger charge is -2.01. The molecule has 14 heavy (non-hydrogen) atoms. The van der Waals surface area contributed by atoms with Crippen molar-refractivity contribution in [1.29, 1.82) is 0 Å². The first-order chi connectivity index (χ1) is 6.72. The van der Waals surface area contributed by atoms with Crippen LogP contribution in [0.4, 0.5) is 5.82 Å². The molecule has 4 nitrogen and oxygen atoms in total. The molecule has 2 N–H and O–H groups in total. The van der Waals surface area contributed by atoms with Crippen LogP contribution >= 0.6 is 15.9 Å². The number of amides is 1. The molecule has 0 saturated heterocycles. The van der Waals surface area contributed by atoms with Gasteiger partial charge in [0.1, 0.15) is 5.82 Å². The van der Waals surface area contributed by atoms with E-state index < -0.39 is 0 Å². The molecule has 0 radical (unpaired) electrons. The highest BCUT2D eigenvalue weighted by atomic mass is 79.9. The molecule has 0 bridgehead atoms. The second-order valence-corrected chi connectivity index (χ2v) is 4.45. The van der Waals surface area contributed by atoms with E-state index in [-0.39, 0.29) is 11.8 Å². The van der Waals surface area contributed by atoms with Gasteiger partial charge >= 0.3 is 0 Å². The van der Waals surface area contributed by atoms with Crippen molar-refractivity contribution in [3.05, 3.63) is 10.7 Å². The number of nitrogens with zero attached hydrogens (tertiary/aromatic N) is 1. The molecule has 1 aromatic heterocycles. The van der Waals surface area contributed by atoms with Crippen LogP contribution in [-0.2, 0) is 4.79 Å². The molecule has 0 aromatic carbocycles. The summed E-state index contributed by atoms with van der Waals surface area (Å²) >= 11 is 3.29. The van der Waals surface area contributed by atoms with Crippen LogP contribution in [0.2, 0.25) is 0 Å². The molecular weight excluding hydrogens is 246 g/mol. The fraction of sp³-hybridized carbons (Fsp3) is 0.556. The smallest absolute Gasteiger partial charge is 0.228 e. The summed E-state index contributed by atoms with van der Waals surface area (Å²) < 4.78 is 0.791. The Balaban J connectivity index is 1.93. The molecule has 1 aliphatic rings. The lowest BCUT2D eigenvalue weighted by atomic mass is 10.2. The number of H-pyrrole nitrogens is 1. The first-order valence-electron chi connectivity index (χ1n) is 4.72. The van der Waals surface area contributed by atoms with E-state index >= 15 is 0 Å². The summed E-state index contributed by atoms with van der Waals surface area (Å²) in [5, 5.41) is 9.34. The third kappa shape index (κ3) is 1.82. The third-order valence-corrected chi connectivity index (χ3v) is 3.23. The Morgan fingerprint density at radius 2 is 2.64 bits per heavy atom. The molecule has 1 aliphatic carbocycles. The standard InChI is InChI=1S/C9H12BrN3O/c1-2-5-3-6(5)9(14)12-8-7(10)4-11-13-8/h4-6H,2-3H2,1H3,(H2,11,12,13,14). The van der Waals surface area contributed by atoms with E-state index in [0.717, 1.165) is 17.3 Å². The Morgan fingerprint density at radius 3 is 3.14 bits per heavy atom. The molecule has 1 heterocycles. The fourth-order valence-corrected chi connectivity index (χ4v) is 1.89. The van der Waals surface area contributed by atoms with Gasteiger partial charge in [-0.1, -0.05) is 13.3 Å². The van der Waals surface area contributed by atoms with Crippen molar-refractivity contribution in [2.75, 3.05) is 5.32 Å². The Labute approximate surface area is 90.6 Å². The second-order valence-electron chi connectivity index (χ2n) is 3.59. The Morgan fingerprint density at radius 1 is 1.86 bits per heavy atom. The summed E-state index contributed by atoms with van der Waals surface area (Å²) in [6.45, 7) is 2.12. The van der Waals surface area contributed by atoms with Crippen LogP contribution in [0.5, 0.6) is 0 Å². The number of aromatic amines is 1. The van der Waals surface area contributed by atoms with Gasteiger partial charge in [-0.15, -0.1) is 0 Å². The molecule has 5 heteroatoms. The van der Waals surface area contributed by atoms with Gasteiger partial charge in [0, 0.05) is 5.92 Å². The predicted molar refractivity (Wildman–Crippen MR) is 56.8 cm³/mol. The van der Waals surface area contributed by atoms with Gasteiger partial charge in [-0.25, -0.2) is 0 Å². The highest BCUT2D eigenvalue weighted by molar-refractivity contribution is 9.10. The number of anilines is 1. The van der Waals surface area contributed by atoms with E-state index in [4.69, 9.17) is 0 Å². The van der Waals surface area contributed by atoms with E-state index in [9.17, 15) is 4.79 Å². The van der Waals surface area contributed by atoms with Crippen LogP contribution in [0.1, 0.15) is 19.8 Å². The van der Waals surface area contributed by atoms with Crippen LogP contribution in [0, 0.1) is 11.8 Å². The van der Waals surface area contributed by atoms with Crippen LogP contribution in [0.3, 0.4) is 0 Å². The minimum absolute atomic E-state index is 0.0989. The molecule has 0 spiro atoms. The van der Waals surface area contributed by atoms with Crippen molar-refractivity contribution < 1.29 is 4.79 Å². The van der Waals surface area contributed by atoms with Gasteiger partial charge in [0.2, 0.25) is 5.91 Å². The van der Waals surface area contributed by atoms with E-state index in [1.54, 1.807) is 6.20 Å². The normalized spacial score (nSPS) is 24.7. The number of rotatable bonds is 3. The monoisotopic (exact) mass is 257 g/mol. The minimum atomic E-state index is 0.0989. The number of hydrogen-bond acceptors (Lipinski definition) is 2. The second kappa shape index (κ2) is 3.73. The number of hydrogen-bond donors (Lipinski definition) is 2. The Kier molecular flexibility index (Phi) is 2.58. The summed E-state index contributed by atoms with van der Waals surface area (Å²) in [4.78, 5) is 11.6. The molecule has 76 valence electrons. The van der Waals surface area contributed by atoms with E-state index in [0.29, 0.717) is 11.7 Å². The number of carbonyl (C=O) groups is 1. The summed E-state index contributed by atoms with van der Waals surface area (Å²) in [5.41, 5.74) is 0. The number of nitrogens with one attached hydrogen (secondary N) is 2. The zero-order valence-corrected chi connectivity index (χ0v) is 9.47. The highest BCUT2D eigenvalue weighted by Gasteiger charge is 2.41. The van der Waals surface area contributed by atoms with E-state index in [2.05, 4.69) is 38.4 Å². The van der Waals surface area contributed by atoms with Gasteiger partial charge in [0.25, 0.3) is 0 Å². The first kappa shape index (κ1) is 9.71. The number of halogens is 1. The van der Waals surface area contributed by atoms with Crippen LogP contribution in [0.15, 0.2) is 10.7 Å². The zero-order chi connectivity index (χ0) is 10.1. The molecule has 1 saturated carbocycles. The number of aromatic nitrogens is 2. The highest BCUT2D eigenvalue weighted by Crippen LogP contribution is 2.41. The lowest BCUT2D eigenvalue weighted by Crippen LogP contribution is -2.15. The van der Waals surface area contributed by atoms with Gasteiger partial charge in [-0.05, 0) is 28.3 Å². The van der Waals surface area contributed by atoms with Crippen molar-refractivity contribution in [1.82, 2.24) is 10.2 Å². The SMILES string of the molecule is CCC1CC1C(=O)Nc1[nH]ncc1Br. The zero-order valence-electron chi connectivity index (χ0n) is 7.88. The van der Waals surface area contributed by atoms with E-state index in [1.165, 1.54) is 0 Å². The molecule has 0 aliphatic heterocycles.